The number of hydrogen-bond acceptors (Lipinski definition) is 4. The Morgan fingerprint density at radius 2 is 1.81 bits per heavy atom. The number of aromatic amines is 1. The van der Waals surface area contributed by atoms with E-state index in [1.165, 1.54) is 12.1 Å². The van der Waals surface area contributed by atoms with Crippen molar-refractivity contribution in [3.05, 3.63) is 89.0 Å². The number of aromatic nitrogens is 4. The van der Waals surface area contributed by atoms with Crippen molar-refractivity contribution in [1.82, 2.24) is 30.4 Å². The van der Waals surface area contributed by atoms with Crippen LogP contribution >= 0.6 is 0 Å². The average molecular weight is 494 g/mol. The van der Waals surface area contributed by atoms with Gasteiger partial charge >= 0.3 is 6.18 Å². The Bertz CT molecular complexity index is 1370. The Kier molecular flexibility index (Phi) is 6.05. The fourth-order valence-corrected chi connectivity index (χ4v) is 4.96. The third-order valence-electron chi connectivity index (χ3n) is 6.59. The first-order chi connectivity index (χ1) is 17.3. The minimum atomic E-state index is -4.40. The Hall–Kier alpha value is -4.05. The first-order valence-corrected chi connectivity index (χ1v) is 11.6. The number of nitrogens with zero attached hydrogens (tertiary/aromatic N) is 4. The molecule has 7 nitrogen and oxygen atoms in total. The summed E-state index contributed by atoms with van der Waals surface area (Å²) >= 11 is 0. The second kappa shape index (κ2) is 9.19. The highest BCUT2D eigenvalue weighted by molar-refractivity contribution is 6.01. The molecular formula is C26H24F3N6O+. The van der Waals surface area contributed by atoms with Gasteiger partial charge in [-0.25, -0.2) is 0 Å². The number of nitrogens with one attached hydrogen (secondary N) is 2. The zero-order chi connectivity index (χ0) is 25.3. The molecule has 0 aliphatic carbocycles. The van der Waals surface area contributed by atoms with Crippen LogP contribution in [0.2, 0.25) is 0 Å². The van der Waals surface area contributed by atoms with E-state index in [9.17, 15) is 18.0 Å². The smallest absolute Gasteiger partial charge is 0.352 e. The number of amides is 1. The van der Waals surface area contributed by atoms with E-state index in [2.05, 4.69) is 25.9 Å². The molecule has 10 heteroatoms. The minimum Gasteiger partial charge on any atom is -0.352 e. The van der Waals surface area contributed by atoms with Crippen LogP contribution in [-0.2, 0) is 19.1 Å². The van der Waals surface area contributed by atoms with Gasteiger partial charge in [-0.1, -0.05) is 24.3 Å². The van der Waals surface area contributed by atoms with Gasteiger partial charge in [0.05, 0.1) is 12.1 Å². The SMILES string of the molecule is CCNC(=O)c1cccc2c1[N+](Cc1ccc(C(F)(F)F)cc1)(c1ccc(-c3nn[nH]n3)cc1)CC2. The molecule has 0 fully saturated rings. The lowest BCUT2D eigenvalue weighted by Crippen LogP contribution is -2.43. The third kappa shape index (κ3) is 4.24. The van der Waals surface area contributed by atoms with Crippen molar-refractivity contribution in [2.75, 3.05) is 13.1 Å². The first-order valence-electron chi connectivity index (χ1n) is 11.6. The summed E-state index contributed by atoms with van der Waals surface area (Å²) in [5.74, 6) is 0.287. The van der Waals surface area contributed by atoms with E-state index in [0.29, 0.717) is 35.5 Å². The molecular weight excluding hydrogens is 469 g/mol. The highest BCUT2D eigenvalue weighted by Gasteiger charge is 2.44. The molecule has 1 unspecified atom stereocenters. The number of alkyl halides is 3. The van der Waals surface area contributed by atoms with Crippen molar-refractivity contribution < 1.29 is 18.0 Å². The van der Waals surface area contributed by atoms with Crippen LogP contribution in [-0.4, -0.2) is 39.6 Å². The van der Waals surface area contributed by atoms with E-state index in [4.69, 9.17) is 0 Å². The predicted octanol–water partition coefficient (Wildman–Crippen LogP) is 5.03. The second-order valence-corrected chi connectivity index (χ2v) is 8.75. The molecule has 1 aliphatic heterocycles. The molecule has 0 bridgehead atoms. The molecule has 0 radical (unpaired) electrons. The second-order valence-electron chi connectivity index (χ2n) is 8.75. The molecule has 4 aromatic rings. The van der Waals surface area contributed by atoms with Gasteiger partial charge in [-0.05, 0) is 42.5 Å². The van der Waals surface area contributed by atoms with Gasteiger partial charge in [0.25, 0.3) is 5.91 Å². The van der Waals surface area contributed by atoms with Crippen LogP contribution in [0.15, 0.2) is 66.7 Å². The quantitative estimate of drug-likeness (QED) is 0.369. The summed E-state index contributed by atoms with van der Waals surface area (Å²) in [4.78, 5) is 13.1. The Balaban J connectivity index is 1.63. The van der Waals surface area contributed by atoms with Crippen LogP contribution in [0.1, 0.15) is 34.0 Å². The van der Waals surface area contributed by atoms with Crippen LogP contribution in [0.5, 0.6) is 0 Å². The molecule has 3 aromatic carbocycles. The fraction of sp³-hybridized carbons (Fsp3) is 0.231. The van der Waals surface area contributed by atoms with Gasteiger partial charge in [-0.15, -0.1) is 10.2 Å². The summed E-state index contributed by atoms with van der Waals surface area (Å²) in [5, 5.41) is 17.0. The highest BCUT2D eigenvalue weighted by Crippen LogP contribution is 2.46. The van der Waals surface area contributed by atoms with Crippen molar-refractivity contribution in [1.29, 1.82) is 0 Å². The number of carbonyl (C=O) groups excluding carboxylic acids is 1. The van der Waals surface area contributed by atoms with Gasteiger partial charge in [-0.2, -0.15) is 18.4 Å². The van der Waals surface area contributed by atoms with E-state index >= 15 is 0 Å². The van der Waals surface area contributed by atoms with Crippen molar-refractivity contribution in [3.8, 4) is 11.4 Å². The summed E-state index contributed by atoms with van der Waals surface area (Å²) < 4.78 is 39.8. The maximum Gasteiger partial charge on any atom is 0.416 e. The highest BCUT2D eigenvalue weighted by atomic mass is 19.4. The summed E-state index contributed by atoms with van der Waals surface area (Å²) in [5.41, 5.74) is 4.23. The van der Waals surface area contributed by atoms with Crippen LogP contribution in [0, 0.1) is 0 Å². The normalized spacial score (nSPS) is 17.1. The lowest BCUT2D eigenvalue weighted by molar-refractivity contribution is -0.137. The van der Waals surface area contributed by atoms with Crippen molar-refractivity contribution in [2.45, 2.75) is 26.1 Å². The number of rotatable bonds is 6. The van der Waals surface area contributed by atoms with Crippen LogP contribution in [0.4, 0.5) is 24.5 Å². The molecule has 0 spiro atoms. The van der Waals surface area contributed by atoms with E-state index < -0.39 is 11.7 Å². The van der Waals surface area contributed by atoms with Crippen molar-refractivity contribution >= 4 is 17.3 Å². The molecule has 5 rings (SSSR count). The van der Waals surface area contributed by atoms with Gasteiger partial charge in [0.2, 0.25) is 5.82 Å². The minimum absolute atomic E-state index is 0.172. The number of carbonyl (C=O) groups is 1. The number of fused-ring (bicyclic) bond motifs is 1. The topological polar surface area (TPSA) is 83.6 Å². The molecule has 36 heavy (non-hydrogen) atoms. The maximum absolute atomic E-state index is 13.2. The van der Waals surface area contributed by atoms with E-state index in [0.717, 1.165) is 46.6 Å². The number of H-pyrrole nitrogens is 1. The van der Waals surface area contributed by atoms with Gasteiger partial charge in [-0.3, -0.25) is 9.28 Å². The van der Waals surface area contributed by atoms with Gasteiger partial charge in [0, 0.05) is 41.8 Å². The molecule has 1 aliphatic rings. The van der Waals surface area contributed by atoms with E-state index in [-0.39, 0.29) is 5.91 Å². The lowest BCUT2D eigenvalue weighted by Gasteiger charge is -2.35. The Morgan fingerprint density at radius 3 is 2.44 bits per heavy atom. The first kappa shape index (κ1) is 23.7. The third-order valence-corrected chi connectivity index (χ3v) is 6.59. The molecule has 1 aromatic heterocycles. The van der Waals surface area contributed by atoms with E-state index in [1.54, 1.807) is 0 Å². The standard InChI is InChI=1S/C26H23F3N6O/c1-2-30-25(36)22-5-3-4-18-14-15-35(23(18)22,16-17-6-10-20(11-7-17)26(27,28)29)21-12-8-19(9-13-21)24-31-33-34-32-24/h3-13H,2,14-16H2,1H3,(H-,30,31,32,33,34,36)/p+1. The number of hydrogen-bond donors (Lipinski definition) is 2. The molecule has 184 valence electrons. The zero-order valence-corrected chi connectivity index (χ0v) is 19.5. The molecule has 0 saturated heterocycles. The number of halogens is 3. The Labute approximate surface area is 205 Å². The van der Waals surface area contributed by atoms with Crippen LogP contribution in [0.25, 0.3) is 11.4 Å². The molecule has 2 heterocycles. The monoisotopic (exact) mass is 493 g/mol. The molecule has 1 atom stereocenters. The van der Waals surface area contributed by atoms with Crippen LogP contribution in [0.3, 0.4) is 0 Å². The summed E-state index contributed by atoms with van der Waals surface area (Å²) in [6.45, 7) is 3.40. The van der Waals surface area contributed by atoms with Crippen molar-refractivity contribution in [3.63, 3.8) is 0 Å². The summed E-state index contributed by atoms with van der Waals surface area (Å²) in [7, 11) is 0. The summed E-state index contributed by atoms with van der Waals surface area (Å²) in [6.07, 6.45) is -3.67. The number of para-hydroxylation sites is 1. The maximum atomic E-state index is 13.2. The predicted molar refractivity (Wildman–Crippen MR) is 129 cm³/mol. The van der Waals surface area contributed by atoms with Crippen LogP contribution < -0.4 is 9.80 Å². The fourth-order valence-electron chi connectivity index (χ4n) is 4.96. The zero-order valence-electron chi connectivity index (χ0n) is 19.5. The summed E-state index contributed by atoms with van der Waals surface area (Å²) in [6, 6.07) is 18.6. The number of quaternary nitrogens is 1. The number of tetrazole rings is 1. The average Bonchev–Trinajstić information content (AvgIpc) is 3.54. The molecule has 2 N–H and O–H groups in total. The largest absolute Gasteiger partial charge is 0.416 e. The number of benzene rings is 3. The Morgan fingerprint density at radius 1 is 1.06 bits per heavy atom. The van der Waals surface area contributed by atoms with Crippen molar-refractivity contribution in [2.24, 2.45) is 0 Å². The van der Waals surface area contributed by atoms with Gasteiger partial charge in [0.15, 0.2) is 5.69 Å². The van der Waals surface area contributed by atoms with Gasteiger partial charge in [0.1, 0.15) is 17.8 Å². The molecule has 1 amide bonds. The lowest BCUT2D eigenvalue weighted by atomic mass is 10.0. The molecule has 0 saturated carbocycles. The van der Waals surface area contributed by atoms with E-state index in [1.807, 2.05) is 49.4 Å². The van der Waals surface area contributed by atoms with Gasteiger partial charge < -0.3 is 5.32 Å².